The van der Waals surface area contributed by atoms with Crippen molar-refractivity contribution in [1.82, 2.24) is 3.64 Å². The molecule has 0 heterocycles. The third-order valence-electron chi connectivity index (χ3n) is 1.75. The van der Waals surface area contributed by atoms with Crippen LogP contribution >= 0.6 is 0 Å². The lowest BCUT2D eigenvalue weighted by Gasteiger charge is -2.41. The van der Waals surface area contributed by atoms with Crippen LogP contribution in [0.3, 0.4) is 0 Å². The van der Waals surface area contributed by atoms with Gasteiger partial charge in [-0.1, -0.05) is 39.3 Å². The minimum absolute atomic E-state index is 0.771. The molecule has 0 aliphatic carbocycles. The first-order valence-corrected chi connectivity index (χ1v) is 13.1. The van der Waals surface area contributed by atoms with Crippen molar-refractivity contribution in [1.29, 1.82) is 0 Å². The van der Waals surface area contributed by atoms with Crippen molar-refractivity contribution in [2.75, 3.05) is 0 Å². The number of hydrogen-bond donors (Lipinski definition) is 0. The fraction of sp³-hybridized carbons (Fsp3) is 1.00. The highest BCUT2D eigenvalue weighted by molar-refractivity contribution is 7.92. The second kappa shape index (κ2) is 4.11. The standard InChI is InChI=1S/C7H18F3NO2SSi2/c1-15(2,3)11(16(4,5)6)14(12,13)7(8,9)10/h1-6H3. The molecular formula is C7H18F3NO2SSi2. The molecule has 0 aliphatic heterocycles. The summed E-state index contributed by atoms with van der Waals surface area (Å²) in [6.45, 7) is 9.63. The molecule has 0 saturated heterocycles. The van der Waals surface area contributed by atoms with E-state index in [1.165, 1.54) is 0 Å². The molecule has 0 fully saturated rings. The molecule has 0 unspecified atom stereocenters. The predicted molar refractivity (Wildman–Crippen MR) is 63.5 cm³/mol. The van der Waals surface area contributed by atoms with Crippen LogP contribution in [0.4, 0.5) is 13.2 Å². The molecule has 0 atom stereocenters. The molecule has 0 aromatic heterocycles. The van der Waals surface area contributed by atoms with Crippen LogP contribution in [0, 0.1) is 0 Å². The molecule has 0 N–H and O–H groups in total. The van der Waals surface area contributed by atoms with Crippen LogP contribution in [0.15, 0.2) is 0 Å². The van der Waals surface area contributed by atoms with Crippen molar-refractivity contribution >= 4 is 26.5 Å². The van der Waals surface area contributed by atoms with Crippen LogP contribution in [0.1, 0.15) is 0 Å². The Morgan fingerprint density at radius 3 is 1.19 bits per heavy atom. The maximum Gasteiger partial charge on any atom is 0.510 e. The zero-order chi connectivity index (χ0) is 13.6. The van der Waals surface area contributed by atoms with E-state index < -0.39 is 32.0 Å². The third kappa shape index (κ3) is 3.31. The summed E-state index contributed by atoms with van der Waals surface area (Å²) in [6.07, 6.45) is 0. The monoisotopic (exact) mass is 293 g/mol. The minimum Gasteiger partial charge on any atom is -0.239 e. The third-order valence-corrected chi connectivity index (χ3v) is 14.0. The summed E-state index contributed by atoms with van der Waals surface area (Å²) in [5.74, 6) is 0. The smallest absolute Gasteiger partial charge is 0.239 e. The minimum atomic E-state index is -5.20. The Hall–Kier alpha value is 0.134. The average molecular weight is 293 g/mol. The van der Waals surface area contributed by atoms with Gasteiger partial charge in [0.1, 0.15) is 16.5 Å². The zero-order valence-electron chi connectivity index (χ0n) is 10.3. The van der Waals surface area contributed by atoms with Crippen LogP contribution in [-0.2, 0) is 10.0 Å². The molecule has 0 amide bonds. The Morgan fingerprint density at radius 2 is 1.12 bits per heavy atom. The number of sulfonamides is 1. The van der Waals surface area contributed by atoms with Crippen LogP contribution in [-0.4, -0.2) is 34.0 Å². The Kier molecular flexibility index (Phi) is 4.14. The molecule has 9 heteroatoms. The summed E-state index contributed by atoms with van der Waals surface area (Å²) in [7, 11) is -10.4. The van der Waals surface area contributed by atoms with Gasteiger partial charge in [-0.05, 0) is 0 Å². The highest BCUT2D eigenvalue weighted by atomic mass is 32.2. The molecule has 0 spiro atoms. The summed E-state index contributed by atoms with van der Waals surface area (Å²) >= 11 is 0. The van der Waals surface area contributed by atoms with Crippen molar-refractivity contribution in [3.8, 4) is 0 Å². The van der Waals surface area contributed by atoms with Crippen LogP contribution in [0.25, 0.3) is 0 Å². The van der Waals surface area contributed by atoms with E-state index in [0.29, 0.717) is 0 Å². The largest absolute Gasteiger partial charge is 0.510 e. The Labute approximate surface area is 96.9 Å². The molecule has 0 saturated carbocycles. The van der Waals surface area contributed by atoms with Gasteiger partial charge in [-0.25, -0.2) is 12.1 Å². The lowest BCUT2D eigenvalue weighted by molar-refractivity contribution is -0.0460. The molecule has 0 radical (unpaired) electrons. The molecule has 98 valence electrons. The second-order valence-electron chi connectivity index (χ2n) is 5.56. The fourth-order valence-corrected chi connectivity index (χ4v) is 16.5. The highest BCUT2D eigenvalue weighted by Crippen LogP contribution is 2.34. The van der Waals surface area contributed by atoms with E-state index in [1.54, 1.807) is 39.3 Å². The highest BCUT2D eigenvalue weighted by Gasteiger charge is 2.56. The zero-order valence-corrected chi connectivity index (χ0v) is 13.1. The molecule has 0 aromatic carbocycles. The van der Waals surface area contributed by atoms with Gasteiger partial charge in [0.2, 0.25) is 0 Å². The number of halogens is 3. The van der Waals surface area contributed by atoms with E-state index in [9.17, 15) is 21.6 Å². The van der Waals surface area contributed by atoms with Gasteiger partial charge in [0, 0.05) is 0 Å². The van der Waals surface area contributed by atoms with Gasteiger partial charge >= 0.3 is 15.5 Å². The molecule has 3 nitrogen and oxygen atoms in total. The molecule has 16 heavy (non-hydrogen) atoms. The lowest BCUT2D eigenvalue weighted by atomic mass is 11.6. The number of hydrogen-bond acceptors (Lipinski definition) is 2. The number of alkyl halides is 3. The van der Waals surface area contributed by atoms with Gasteiger partial charge in [-0.15, -0.1) is 0 Å². The summed E-state index contributed by atoms with van der Waals surface area (Å²) in [4.78, 5) is 0. The summed E-state index contributed by atoms with van der Waals surface area (Å²) in [5.41, 5.74) is -5.20. The van der Waals surface area contributed by atoms with Gasteiger partial charge < -0.3 is 0 Å². The summed E-state index contributed by atoms with van der Waals surface area (Å²) < 4.78 is 61.5. The van der Waals surface area contributed by atoms with Crippen molar-refractivity contribution in [3.05, 3.63) is 0 Å². The first kappa shape index (κ1) is 16.1. The van der Waals surface area contributed by atoms with Gasteiger partial charge in [0.25, 0.3) is 0 Å². The summed E-state index contributed by atoms with van der Waals surface area (Å²) in [6, 6.07) is 0. The first-order chi connectivity index (χ1) is 6.62. The van der Waals surface area contributed by atoms with Gasteiger partial charge in [0.05, 0.1) is 0 Å². The van der Waals surface area contributed by atoms with Crippen LogP contribution in [0.5, 0.6) is 0 Å². The van der Waals surface area contributed by atoms with E-state index in [0.717, 1.165) is 3.64 Å². The fourth-order valence-electron chi connectivity index (χ4n) is 1.83. The topological polar surface area (TPSA) is 37.4 Å². The van der Waals surface area contributed by atoms with E-state index >= 15 is 0 Å². The van der Waals surface area contributed by atoms with Crippen molar-refractivity contribution < 1.29 is 21.6 Å². The van der Waals surface area contributed by atoms with Gasteiger partial charge in [0.15, 0.2) is 0 Å². The molecule has 0 aromatic rings. The second-order valence-corrected chi connectivity index (χ2v) is 18.0. The normalized spacial score (nSPS) is 15.6. The molecule has 0 aliphatic rings. The van der Waals surface area contributed by atoms with E-state index in [1.807, 2.05) is 0 Å². The van der Waals surface area contributed by atoms with Gasteiger partial charge in [-0.3, -0.25) is 0 Å². The Balaban J connectivity index is 5.78. The van der Waals surface area contributed by atoms with Crippen LogP contribution in [0.2, 0.25) is 39.3 Å². The summed E-state index contributed by atoms with van der Waals surface area (Å²) in [5, 5.41) is 0. The average Bonchev–Trinajstić information content (AvgIpc) is 1.72. The predicted octanol–water partition coefficient (Wildman–Crippen LogP) is 2.81. The Morgan fingerprint density at radius 1 is 0.875 bits per heavy atom. The van der Waals surface area contributed by atoms with Crippen molar-refractivity contribution in [2.24, 2.45) is 0 Å². The van der Waals surface area contributed by atoms with E-state index in [4.69, 9.17) is 0 Å². The molecular weight excluding hydrogens is 275 g/mol. The van der Waals surface area contributed by atoms with Gasteiger partial charge in [-0.2, -0.15) is 13.2 Å². The maximum atomic E-state index is 12.6. The van der Waals surface area contributed by atoms with Crippen molar-refractivity contribution in [3.63, 3.8) is 0 Å². The van der Waals surface area contributed by atoms with E-state index in [-0.39, 0.29) is 0 Å². The quantitative estimate of drug-likeness (QED) is 0.750. The van der Waals surface area contributed by atoms with Crippen molar-refractivity contribution in [2.45, 2.75) is 44.8 Å². The van der Waals surface area contributed by atoms with Crippen LogP contribution < -0.4 is 0 Å². The lowest BCUT2D eigenvalue weighted by Crippen LogP contribution is -2.64. The maximum absolute atomic E-state index is 12.6. The SMILES string of the molecule is C[Si](C)(C)N([Si](C)(C)C)S(=O)(=O)C(F)(F)F. The Bertz CT molecular complexity index is 339. The molecule has 0 rings (SSSR count). The first-order valence-electron chi connectivity index (χ1n) is 4.73. The molecule has 0 bridgehead atoms. The number of rotatable bonds is 3. The van der Waals surface area contributed by atoms with E-state index in [2.05, 4.69) is 0 Å². The number of nitrogens with zero attached hydrogens (tertiary/aromatic N) is 1.